The summed E-state index contributed by atoms with van der Waals surface area (Å²) in [6.45, 7) is 0. The third kappa shape index (κ3) is 4.34. The van der Waals surface area contributed by atoms with Gasteiger partial charge < -0.3 is 4.90 Å². The number of nitrogens with one attached hydrogen (secondary N) is 2. The predicted molar refractivity (Wildman–Crippen MR) is 105 cm³/mol. The van der Waals surface area contributed by atoms with Gasteiger partial charge in [0, 0.05) is 19.8 Å². The first kappa shape index (κ1) is 17.4. The van der Waals surface area contributed by atoms with Crippen molar-refractivity contribution in [3.05, 3.63) is 57.5 Å². The molecule has 6 nitrogen and oxygen atoms in total. The van der Waals surface area contributed by atoms with Crippen LogP contribution in [0.25, 0.3) is 10.6 Å². The Balaban J connectivity index is 1.61. The molecule has 1 aromatic carbocycles. The van der Waals surface area contributed by atoms with Gasteiger partial charge in [-0.05, 0) is 51.8 Å². The normalized spacial score (nSPS) is 11.0. The molecule has 25 heavy (non-hydrogen) atoms. The Morgan fingerprint density at radius 2 is 2.04 bits per heavy atom. The molecule has 128 valence electrons. The molecule has 8 heteroatoms. The number of thiophene rings is 1. The van der Waals surface area contributed by atoms with Crippen LogP contribution in [0.15, 0.2) is 51.4 Å². The number of H-pyrrole nitrogens is 1. The molecule has 0 unspecified atom stereocenters. The Morgan fingerprint density at radius 1 is 1.28 bits per heavy atom. The molecule has 0 saturated heterocycles. The average molecular weight is 418 g/mol. The molecule has 0 bridgehead atoms. The zero-order valence-electron chi connectivity index (χ0n) is 13.7. The van der Waals surface area contributed by atoms with Crippen LogP contribution >= 0.6 is 27.3 Å². The molecule has 0 aliphatic heterocycles. The van der Waals surface area contributed by atoms with E-state index in [-0.39, 0.29) is 5.91 Å². The highest BCUT2D eigenvalue weighted by atomic mass is 79.9. The summed E-state index contributed by atoms with van der Waals surface area (Å²) in [5, 5.41) is 10.9. The molecule has 2 aromatic heterocycles. The first-order valence-electron chi connectivity index (χ1n) is 7.45. The van der Waals surface area contributed by atoms with E-state index in [0.717, 1.165) is 25.6 Å². The molecule has 0 spiro atoms. The van der Waals surface area contributed by atoms with Gasteiger partial charge >= 0.3 is 0 Å². The van der Waals surface area contributed by atoms with Gasteiger partial charge in [-0.2, -0.15) is 10.2 Å². The van der Waals surface area contributed by atoms with Crippen LogP contribution < -0.4 is 10.3 Å². The van der Waals surface area contributed by atoms with E-state index in [1.54, 1.807) is 23.6 Å². The van der Waals surface area contributed by atoms with Crippen molar-refractivity contribution < 1.29 is 4.79 Å². The smallest absolute Gasteiger partial charge is 0.291 e. The third-order valence-electron chi connectivity index (χ3n) is 3.44. The maximum atomic E-state index is 12.1. The summed E-state index contributed by atoms with van der Waals surface area (Å²) in [5.41, 5.74) is 5.58. The van der Waals surface area contributed by atoms with E-state index in [0.29, 0.717) is 5.69 Å². The van der Waals surface area contributed by atoms with Crippen LogP contribution in [0.3, 0.4) is 0 Å². The number of nitrogens with zero attached hydrogens (tertiary/aromatic N) is 3. The highest BCUT2D eigenvalue weighted by Crippen LogP contribution is 2.30. The SMILES string of the molecule is CN(C)c1ccc(/C=N/NC(=O)c2cc(-c3ccc(Br)s3)[nH]n2)cc1. The minimum absolute atomic E-state index is 0.291. The number of rotatable bonds is 5. The number of aromatic amines is 1. The van der Waals surface area contributed by atoms with E-state index in [4.69, 9.17) is 0 Å². The molecule has 0 aliphatic rings. The Hall–Kier alpha value is -2.45. The Bertz CT molecular complexity index is 898. The second-order valence-electron chi connectivity index (χ2n) is 5.46. The van der Waals surface area contributed by atoms with Crippen molar-refractivity contribution in [1.29, 1.82) is 0 Å². The first-order valence-corrected chi connectivity index (χ1v) is 9.06. The van der Waals surface area contributed by atoms with E-state index in [9.17, 15) is 4.79 Å². The van der Waals surface area contributed by atoms with E-state index in [1.165, 1.54) is 0 Å². The van der Waals surface area contributed by atoms with Crippen molar-refractivity contribution in [2.24, 2.45) is 5.10 Å². The number of aromatic nitrogens is 2. The number of amides is 1. The van der Waals surface area contributed by atoms with Crippen LogP contribution in [0.1, 0.15) is 16.1 Å². The molecule has 0 aliphatic carbocycles. The van der Waals surface area contributed by atoms with Crippen LogP contribution in [-0.4, -0.2) is 36.4 Å². The largest absolute Gasteiger partial charge is 0.378 e. The van der Waals surface area contributed by atoms with Gasteiger partial charge in [-0.25, -0.2) is 5.43 Å². The minimum Gasteiger partial charge on any atom is -0.378 e. The van der Waals surface area contributed by atoms with Crippen molar-refractivity contribution in [2.75, 3.05) is 19.0 Å². The van der Waals surface area contributed by atoms with Gasteiger partial charge in [0.15, 0.2) is 5.69 Å². The fourth-order valence-electron chi connectivity index (χ4n) is 2.10. The van der Waals surface area contributed by atoms with E-state index < -0.39 is 0 Å². The van der Waals surface area contributed by atoms with Gasteiger partial charge in [-0.3, -0.25) is 9.89 Å². The van der Waals surface area contributed by atoms with Crippen molar-refractivity contribution in [1.82, 2.24) is 15.6 Å². The number of benzene rings is 1. The minimum atomic E-state index is -0.362. The molecule has 2 heterocycles. The van der Waals surface area contributed by atoms with Gasteiger partial charge in [-0.1, -0.05) is 12.1 Å². The zero-order chi connectivity index (χ0) is 17.8. The molecular weight excluding hydrogens is 402 g/mol. The lowest BCUT2D eigenvalue weighted by atomic mass is 10.2. The standard InChI is InChI=1S/C17H16BrN5OS/c1-23(2)12-5-3-11(4-6-12)10-19-22-17(24)14-9-13(20-21-14)15-7-8-16(18)25-15/h3-10H,1-2H3,(H,20,21)(H,22,24)/b19-10+. The Labute approximate surface area is 157 Å². The van der Waals surface area contributed by atoms with Crippen LogP contribution in [-0.2, 0) is 0 Å². The molecular formula is C17H16BrN5OS. The average Bonchev–Trinajstić information content (AvgIpc) is 3.24. The summed E-state index contributed by atoms with van der Waals surface area (Å²) < 4.78 is 1.02. The maximum Gasteiger partial charge on any atom is 0.291 e. The van der Waals surface area contributed by atoms with Gasteiger partial charge in [0.05, 0.1) is 20.6 Å². The summed E-state index contributed by atoms with van der Waals surface area (Å²) in [5.74, 6) is -0.362. The highest BCUT2D eigenvalue weighted by Gasteiger charge is 2.11. The second-order valence-corrected chi connectivity index (χ2v) is 7.92. The number of carbonyl (C=O) groups excluding carboxylic acids is 1. The molecule has 1 amide bonds. The number of hydrazone groups is 1. The lowest BCUT2D eigenvalue weighted by Crippen LogP contribution is -2.18. The molecule has 2 N–H and O–H groups in total. The fourth-order valence-corrected chi connectivity index (χ4v) is 3.46. The summed E-state index contributed by atoms with van der Waals surface area (Å²) in [6, 6.07) is 13.5. The predicted octanol–water partition coefficient (Wildman–Crippen LogP) is 3.73. The number of anilines is 1. The van der Waals surface area contributed by atoms with Crippen molar-refractivity contribution in [2.45, 2.75) is 0 Å². The Kier molecular flexibility index (Phi) is 5.30. The summed E-state index contributed by atoms with van der Waals surface area (Å²) in [7, 11) is 3.96. The lowest BCUT2D eigenvalue weighted by molar-refractivity contribution is 0.0950. The zero-order valence-corrected chi connectivity index (χ0v) is 16.1. The fraction of sp³-hybridized carbons (Fsp3) is 0.118. The van der Waals surface area contributed by atoms with Crippen LogP contribution in [0.4, 0.5) is 5.69 Å². The van der Waals surface area contributed by atoms with Crippen LogP contribution in [0.2, 0.25) is 0 Å². The highest BCUT2D eigenvalue weighted by molar-refractivity contribution is 9.11. The van der Waals surface area contributed by atoms with Gasteiger partial charge in [0.1, 0.15) is 0 Å². The summed E-state index contributed by atoms with van der Waals surface area (Å²) >= 11 is 4.98. The van der Waals surface area contributed by atoms with Crippen molar-refractivity contribution in [3.63, 3.8) is 0 Å². The summed E-state index contributed by atoms with van der Waals surface area (Å²) in [6.07, 6.45) is 1.60. The molecule has 3 aromatic rings. The van der Waals surface area contributed by atoms with E-state index in [1.807, 2.05) is 55.4 Å². The van der Waals surface area contributed by atoms with E-state index >= 15 is 0 Å². The number of hydrogen-bond acceptors (Lipinski definition) is 5. The van der Waals surface area contributed by atoms with Crippen LogP contribution in [0.5, 0.6) is 0 Å². The third-order valence-corrected chi connectivity index (χ3v) is 5.10. The lowest BCUT2D eigenvalue weighted by Gasteiger charge is -2.11. The van der Waals surface area contributed by atoms with Gasteiger partial charge in [0.25, 0.3) is 5.91 Å². The quantitative estimate of drug-likeness (QED) is 0.490. The molecule has 0 atom stereocenters. The summed E-state index contributed by atoms with van der Waals surface area (Å²) in [4.78, 5) is 15.1. The molecule has 0 saturated carbocycles. The first-order chi connectivity index (χ1) is 12.0. The van der Waals surface area contributed by atoms with E-state index in [2.05, 4.69) is 36.7 Å². The molecule has 0 radical (unpaired) electrons. The van der Waals surface area contributed by atoms with Crippen LogP contribution in [0, 0.1) is 0 Å². The van der Waals surface area contributed by atoms with Crippen molar-refractivity contribution in [3.8, 4) is 10.6 Å². The Morgan fingerprint density at radius 3 is 2.68 bits per heavy atom. The second kappa shape index (κ2) is 7.62. The van der Waals surface area contributed by atoms with Gasteiger partial charge in [0.2, 0.25) is 0 Å². The number of hydrogen-bond donors (Lipinski definition) is 2. The van der Waals surface area contributed by atoms with Gasteiger partial charge in [-0.15, -0.1) is 11.3 Å². The maximum absolute atomic E-state index is 12.1. The number of halogens is 1. The number of carbonyl (C=O) groups is 1. The molecule has 0 fully saturated rings. The molecule has 3 rings (SSSR count). The topological polar surface area (TPSA) is 73.4 Å². The monoisotopic (exact) mass is 417 g/mol. The van der Waals surface area contributed by atoms with Crippen molar-refractivity contribution >= 4 is 45.1 Å².